The average Bonchev–Trinajstić information content (AvgIpc) is 2.84. The fraction of sp³-hybridized carbons (Fsp3) is 0.517. The number of benzene rings is 2. The predicted molar refractivity (Wildman–Crippen MR) is 147 cm³/mol. The molecule has 0 unspecified atom stereocenters. The molecule has 1 aliphatic carbocycles. The van der Waals surface area contributed by atoms with Gasteiger partial charge in [-0.3, -0.25) is 4.90 Å². The second kappa shape index (κ2) is 13.3. The number of carboxylic acids is 1. The first-order valence-corrected chi connectivity index (χ1v) is 13.4. The highest BCUT2D eigenvalue weighted by molar-refractivity contribution is 6.40. The number of nitrogens with one attached hydrogen (secondary N) is 1. The van der Waals surface area contributed by atoms with Crippen LogP contribution in [0.1, 0.15) is 57.6 Å². The highest BCUT2D eigenvalue weighted by Gasteiger charge is 2.52. The summed E-state index contributed by atoms with van der Waals surface area (Å²) in [4.78, 5) is 28.2. The van der Waals surface area contributed by atoms with Crippen LogP contribution in [0.15, 0.2) is 60.7 Å². The third kappa shape index (κ3) is 8.86. The van der Waals surface area contributed by atoms with Crippen LogP contribution in [0.25, 0.3) is 0 Å². The van der Waals surface area contributed by atoms with E-state index in [0.29, 0.717) is 32.5 Å². The number of nitrogens with zero attached hydrogens (tertiary/aromatic N) is 1. The second-order valence-electron chi connectivity index (χ2n) is 11.4. The quantitative estimate of drug-likeness (QED) is 0.324. The second-order valence-corrected chi connectivity index (χ2v) is 11.4. The van der Waals surface area contributed by atoms with Gasteiger partial charge in [-0.1, -0.05) is 67.1 Å². The van der Waals surface area contributed by atoms with E-state index in [1.54, 1.807) is 20.8 Å². The van der Waals surface area contributed by atoms with Crippen LogP contribution in [0, 0.1) is 11.8 Å². The lowest BCUT2D eigenvalue weighted by atomic mass is 9.65. The van der Waals surface area contributed by atoms with Crippen molar-refractivity contribution in [3.05, 3.63) is 71.8 Å². The zero-order valence-electron chi connectivity index (χ0n) is 22.7. The van der Waals surface area contributed by atoms with Crippen LogP contribution in [0.4, 0.5) is 4.79 Å². The molecule has 1 fully saturated rings. The summed E-state index contributed by atoms with van der Waals surface area (Å²) >= 11 is 0. The first-order chi connectivity index (χ1) is 18.0. The molecule has 1 saturated carbocycles. The van der Waals surface area contributed by atoms with Crippen molar-refractivity contribution in [1.82, 2.24) is 10.2 Å². The van der Waals surface area contributed by atoms with Crippen LogP contribution in [-0.4, -0.2) is 56.9 Å². The Balaban J connectivity index is 1.91. The molecule has 0 radical (unpaired) electrons. The SMILES string of the molecule is CC(C)(C)OC(=O)N[C@]1(C(=O)O)C[C@H](CCB(O)O)CC[C@H]1CN(Cc1ccccc1)Cc1ccccc1. The lowest BCUT2D eigenvalue weighted by Crippen LogP contribution is -2.64. The summed E-state index contributed by atoms with van der Waals surface area (Å²) in [6.45, 7) is 6.95. The van der Waals surface area contributed by atoms with Gasteiger partial charge >= 0.3 is 19.2 Å². The van der Waals surface area contributed by atoms with Crippen molar-refractivity contribution in [3.8, 4) is 0 Å². The first kappa shape index (κ1) is 29.7. The number of carbonyl (C=O) groups is 2. The molecule has 0 saturated heterocycles. The van der Waals surface area contributed by atoms with Crippen LogP contribution in [0.3, 0.4) is 0 Å². The van der Waals surface area contributed by atoms with Gasteiger partial charge in [0.2, 0.25) is 0 Å². The predicted octanol–water partition coefficient (Wildman–Crippen LogP) is 4.32. The first-order valence-electron chi connectivity index (χ1n) is 13.4. The maximum atomic E-state index is 13.0. The molecule has 0 aliphatic heterocycles. The molecule has 4 N–H and O–H groups in total. The standard InChI is InChI=1S/C29H41BN2O6/c1-28(2,3)38-27(35)31-29(26(33)34)18-22(16-17-30(36)37)14-15-25(29)21-32(19-23-10-6-4-7-11-23)20-24-12-8-5-9-13-24/h4-13,22,25,36-37H,14-21H2,1-3H3,(H,31,35)(H,33,34)/t22-,25-,29+/m0/s1. The molecule has 3 rings (SSSR count). The van der Waals surface area contributed by atoms with Crippen molar-refractivity contribution >= 4 is 19.2 Å². The van der Waals surface area contributed by atoms with E-state index in [0.717, 1.165) is 17.5 Å². The van der Waals surface area contributed by atoms with Gasteiger partial charge in [-0.05, 0) is 63.4 Å². The van der Waals surface area contributed by atoms with Gasteiger partial charge in [0, 0.05) is 25.6 Å². The Morgan fingerprint density at radius 1 is 1.00 bits per heavy atom. The zero-order valence-corrected chi connectivity index (χ0v) is 22.7. The van der Waals surface area contributed by atoms with Crippen LogP contribution < -0.4 is 5.32 Å². The van der Waals surface area contributed by atoms with Crippen molar-refractivity contribution < 1.29 is 29.5 Å². The molecule has 1 aliphatic rings. The van der Waals surface area contributed by atoms with Crippen LogP contribution in [0.5, 0.6) is 0 Å². The number of carbonyl (C=O) groups excluding carboxylic acids is 1. The Labute approximate surface area is 226 Å². The lowest BCUT2D eigenvalue weighted by molar-refractivity contribution is -0.151. The lowest BCUT2D eigenvalue weighted by Gasteiger charge is -2.46. The Morgan fingerprint density at radius 3 is 2.03 bits per heavy atom. The van der Waals surface area contributed by atoms with Crippen LogP contribution >= 0.6 is 0 Å². The van der Waals surface area contributed by atoms with E-state index in [-0.39, 0.29) is 24.6 Å². The zero-order chi connectivity index (χ0) is 27.8. The van der Waals surface area contributed by atoms with Crippen molar-refractivity contribution in [2.24, 2.45) is 11.8 Å². The van der Waals surface area contributed by atoms with E-state index in [2.05, 4.69) is 34.5 Å². The molecule has 38 heavy (non-hydrogen) atoms. The number of carboxylic acid groups (broad SMARTS) is 1. The van der Waals surface area contributed by atoms with Gasteiger partial charge in [-0.25, -0.2) is 9.59 Å². The summed E-state index contributed by atoms with van der Waals surface area (Å²) in [7, 11) is -1.45. The molecule has 0 bridgehead atoms. The normalized spacial score (nSPS) is 21.6. The van der Waals surface area contributed by atoms with E-state index >= 15 is 0 Å². The van der Waals surface area contributed by atoms with Gasteiger partial charge in [0.15, 0.2) is 0 Å². The number of ether oxygens (including phenoxy) is 1. The smallest absolute Gasteiger partial charge is 0.451 e. The van der Waals surface area contributed by atoms with E-state index < -0.39 is 30.3 Å². The minimum Gasteiger partial charge on any atom is -0.479 e. The maximum Gasteiger partial charge on any atom is 0.451 e. The summed E-state index contributed by atoms with van der Waals surface area (Å²) in [5.41, 5.74) is -0.0803. The molecule has 9 heteroatoms. The molecule has 2 aromatic rings. The molecule has 206 valence electrons. The minimum atomic E-state index is -1.54. The monoisotopic (exact) mass is 524 g/mol. The average molecular weight is 524 g/mol. The number of amides is 1. The third-order valence-electron chi connectivity index (χ3n) is 7.15. The summed E-state index contributed by atoms with van der Waals surface area (Å²) in [6, 6.07) is 20.1. The highest BCUT2D eigenvalue weighted by Crippen LogP contribution is 2.41. The summed E-state index contributed by atoms with van der Waals surface area (Å²) in [5, 5.41) is 32.2. The molecule has 1 amide bonds. The number of hydrogen-bond acceptors (Lipinski definition) is 6. The molecule has 2 aromatic carbocycles. The fourth-order valence-electron chi connectivity index (χ4n) is 5.42. The Hall–Kier alpha value is -2.88. The Morgan fingerprint density at radius 2 is 1.55 bits per heavy atom. The van der Waals surface area contributed by atoms with Gasteiger partial charge in [-0.15, -0.1) is 0 Å². The number of aliphatic carboxylic acids is 1. The summed E-state index contributed by atoms with van der Waals surface area (Å²) < 4.78 is 5.49. The summed E-state index contributed by atoms with van der Waals surface area (Å²) in [6.07, 6.45) is 1.38. The summed E-state index contributed by atoms with van der Waals surface area (Å²) in [5.74, 6) is -1.55. The van der Waals surface area contributed by atoms with E-state index in [1.807, 2.05) is 36.4 Å². The van der Waals surface area contributed by atoms with E-state index in [9.17, 15) is 24.7 Å². The molecule has 0 heterocycles. The third-order valence-corrected chi connectivity index (χ3v) is 7.15. The van der Waals surface area contributed by atoms with E-state index in [1.165, 1.54) is 0 Å². The number of rotatable bonds is 11. The largest absolute Gasteiger partial charge is 0.479 e. The van der Waals surface area contributed by atoms with Crippen LogP contribution in [0.2, 0.25) is 6.32 Å². The Kier molecular flexibility index (Phi) is 10.4. The van der Waals surface area contributed by atoms with Gasteiger partial charge < -0.3 is 25.2 Å². The maximum absolute atomic E-state index is 13.0. The molecular formula is C29H41BN2O6. The Bertz CT molecular complexity index is 989. The van der Waals surface area contributed by atoms with E-state index in [4.69, 9.17) is 4.74 Å². The van der Waals surface area contributed by atoms with Crippen LogP contribution in [-0.2, 0) is 22.6 Å². The number of alkyl carbamates (subject to hydrolysis) is 1. The topological polar surface area (TPSA) is 119 Å². The highest BCUT2D eigenvalue weighted by atomic mass is 16.6. The fourth-order valence-corrected chi connectivity index (χ4v) is 5.42. The van der Waals surface area contributed by atoms with Gasteiger partial charge in [-0.2, -0.15) is 0 Å². The van der Waals surface area contributed by atoms with Gasteiger partial charge in [0.25, 0.3) is 0 Å². The molecule has 3 atom stereocenters. The van der Waals surface area contributed by atoms with Crippen molar-refractivity contribution in [2.75, 3.05) is 6.54 Å². The van der Waals surface area contributed by atoms with Gasteiger partial charge in [0.05, 0.1) is 0 Å². The molecule has 8 nitrogen and oxygen atoms in total. The minimum absolute atomic E-state index is 0.0733. The van der Waals surface area contributed by atoms with Crippen molar-refractivity contribution in [1.29, 1.82) is 0 Å². The molecular weight excluding hydrogens is 483 g/mol. The molecule has 0 spiro atoms. The van der Waals surface area contributed by atoms with Crippen molar-refractivity contribution in [3.63, 3.8) is 0 Å². The van der Waals surface area contributed by atoms with Gasteiger partial charge in [0.1, 0.15) is 11.1 Å². The number of hydrogen-bond donors (Lipinski definition) is 4. The molecule has 0 aromatic heterocycles. The van der Waals surface area contributed by atoms with Crippen molar-refractivity contribution in [2.45, 2.75) is 77.0 Å².